The number of benzene rings is 4. The molecule has 3 aliphatic heterocycles. The molecule has 5 N–H and O–H groups in total. The number of ether oxygens (including phenoxy) is 5. The smallest absolute Gasteiger partial charge is 0.353 e. The van der Waals surface area contributed by atoms with E-state index in [9.17, 15) is 73.3 Å². The zero-order valence-electron chi connectivity index (χ0n) is 68.0. The predicted molar refractivity (Wildman–Crippen MR) is 440 cm³/mol. The molecule has 4 aromatic carbocycles. The molecule has 0 aliphatic carbocycles. The molecule has 9 rings (SSSR count). The maximum Gasteiger partial charge on any atom is 0.353 e. The van der Waals surface area contributed by atoms with Gasteiger partial charge in [0.2, 0.25) is 27.4 Å². The normalized spacial score (nSPS) is 20.4. The lowest BCUT2D eigenvalue weighted by molar-refractivity contribution is -0.385. The number of likely N-dealkylation sites (tertiary alicyclic amines) is 1. The Morgan fingerprint density at radius 3 is 1.97 bits per heavy atom. The molecule has 0 saturated carbocycles. The largest absolute Gasteiger partial charge is 0.461 e. The molecular formula is C84H103Cl3N10O20. The highest BCUT2D eigenvalue weighted by molar-refractivity contribution is 6.67. The summed E-state index contributed by atoms with van der Waals surface area (Å²) < 4.78 is 24.5. The second kappa shape index (κ2) is 42.3. The van der Waals surface area contributed by atoms with Crippen molar-refractivity contribution in [3.8, 4) is 0 Å². The van der Waals surface area contributed by atoms with Crippen molar-refractivity contribution in [2.45, 2.75) is 168 Å². The Morgan fingerprint density at radius 2 is 1.38 bits per heavy atom. The number of rotatable bonds is 22. The number of hydrogen-bond acceptors (Lipinski definition) is 23. The molecule has 10 atom stereocenters. The van der Waals surface area contributed by atoms with Crippen molar-refractivity contribution in [2.75, 3.05) is 53.7 Å². The van der Waals surface area contributed by atoms with Crippen molar-refractivity contribution in [3.05, 3.63) is 174 Å². The number of alkyl halides is 3. The molecule has 5 heterocycles. The van der Waals surface area contributed by atoms with Crippen LogP contribution in [0.5, 0.6) is 0 Å². The van der Waals surface area contributed by atoms with E-state index in [0.29, 0.717) is 81.7 Å². The van der Waals surface area contributed by atoms with E-state index in [1.54, 1.807) is 74.8 Å². The third kappa shape index (κ3) is 25.9. The average Bonchev–Trinajstić information content (AvgIpc) is 1.40. The Balaban J connectivity index is 0.000000254. The summed E-state index contributed by atoms with van der Waals surface area (Å²) in [5.74, 6) is -7.22. The number of aromatic nitrogens is 2. The van der Waals surface area contributed by atoms with Crippen molar-refractivity contribution < 1.29 is 86.6 Å². The molecule has 2 saturated heterocycles. The van der Waals surface area contributed by atoms with Gasteiger partial charge in [-0.25, -0.2) is 20.0 Å². The van der Waals surface area contributed by atoms with Gasteiger partial charge in [0.05, 0.1) is 49.7 Å². The highest BCUT2D eigenvalue weighted by atomic mass is 35.6. The van der Waals surface area contributed by atoms with E-state index in [4.69, 9.17) is 58.7 Å². The predicted octanol–water partition coefficient (Wildman–Crippen LogP) is 12.4. The summed E-state index contributed by atoms with van der Waals surface area (Å²) >= 11 is 17.1. The molecule has 33 heteroatoms. The highest BCUT2D eigenvalue weighted by Crippen LogP contribution is 2.35. The Morgan fingerprint density at radius 1 is 0.786 bits per heavy atom. The summed E-state index contributed by atoms with van der Waals surface area (Å²) in [5.41, 5.74) is 4.03. The zero-order chi connectivity index (χ0) is 86.6. The topological polar surface area (TPSA) is 404 Å². The monoisotopic (exact) mass is 1680 g/mol. The molecule has 3 aliphatic rings. The van der Waals surface area contributed by atoms with Gasteiger partial charge in [-0.05, 0) is 152 Å². The summed E-state index contributed by atoms with van der Waals surface area (Å²) in [7, 11) is 3.15. The van der Waals surface area contributed by atoms with Crippen LogP contribution in [0.25, 0.3) is 34.0 Å². The molecule has 5 amide bonds. The number of methoxy groups -OCH3 is 2. The second-order valence-corrected chi connectivity index (χ2v) is 33.1. The number of hydrazine groups is 1. The number of amides is 5. The van der Waals surface area contributed by atoms with Gasteiger partial charge in [0.1, 0.15) is 53.8 Å². The molecule has 30 nitrogen and oxygen atoms in total. The number of carbonyl (C=O) groups is 10. The first-order chi connectivity index (χ1) is 55.1. The Labute approximate surface area is 694 Å². The number of cyclic esters (lactones) is 1. The Bertz CT molecular complexity index is 4650. The Kier molecular flexibility index (Phi) is 33.9. The first kappa shape index (κ1) is 93.9. The lowest BCUT2D eigenvalue weighted by atomic mass is 9.76. The number of aliphatic hydroxyl groups is 1. The number of Topliss-reactive ketones (excluding diaryl/α,β-unsaturated/α-hetero) is 1. The Hall–Kier alpha value is -10.2. The van der Waals surface area contributed by atoms with Crippen LogP contribution in [0, 0.1) is 68.6 Å². The van der Waals surface area contributed by atoms with Crippen LogP contribution in [-0.2, 0) is 62.0 Å². The minimum atomic E-state index is -1.74. The van der Waals surface area contributed by atoms with Gasteiger partial charge < -0.3 is 49.6 Å². The van der Waals surface area contributed by atoms with Crippen LogP contribution in [0.4, 0.5) is 11.4 Å². The number of allylic oxidation sites excluding steroid dienone is 1. The van der Waals surface area contributed by atoms with Crippen LogP contribution >= 0.6 is 34.8 Å². The summed E-state index contributed by atoms with van der Waals surface area (Å²) in [5, 5.41) is 43.8. The van der Waals surface area contributed by atoms with E-state index in [2.05, 4.69) is 31.1 Å². The van der Waals surface area contributed by atoms with E-state index >= 15 is 0 Å². The van der Waals surface area contributed by atoms with Crippen LogP contribution in [0.2, 0.25) is 0 Å². The lowest BCUT2D eigenvalue weighted by Gasteiger charge is -2.35. The third-order valence-electron chi connectivity index (χ3n) is 20.6. The quantitative estimate of drug-likeness (QED) is 0.0105. The van der Waals surface area contributed by atoms with Gasteiger partial charge in [-0.3, -0.25) is 68.6 Å². The number of halogens is 3. The molecule has 6 aromatic rings. The summed E-state index contributed by atoms with van der Waals surface area (Å²) in [6.45, 7) is 21.7. The van der Waals surface area contributed by atoms with Crippen LogP contribution in [0.15, 0.2) is 109 Å². The minimum Gasteiger partial charge on any atom is -0.461 e. The first-order valence-electron chi connectivity index (χ1n) is 38.4. The number of nitrogens with zero attached hydrogens (tertiary/aromatic N) is 6. The molecule has 2 fully saturated rings. The summed E-state index contributed by atoms with van der Waals surface area (Å²) in [4.78, 5) is 163. The number of aliphatic hydroxyl groups excluding tert-OH is 1. The van der Waals surface area contributed by atoms with Crippen molar-refractivity contribution in [3.63, 3.8) is 0 Å². The number of piperidine rings is 1. The average molecular weight is 1680 g/mol. The third-order valence-corrected chi connectivity index (χ3v) is 20.9. The van der Waals surface area contributed by atoms with E-state index in [-0.39, 0.29) is 76.5 Å². The number of carbonyl (C=O) groups excluding carboxylic acids is 10. The van der Waals surface area contributed by atoms with Gasteiger partial charge in [-0.15, -0.1) is 0 Å². The van der Waals surface area contributed by atoms with Crippen LogP contribution in [0.1, 0.15) is 181 Å². The van der Waals surface area contributed by atoms with Crippen molar-refractivity contribution >= 4 is 139 Å². The molecule has 2 aromatic heterocycles. The van der Waals surface area contributed by atoms with E-state index in [0.717, 1.165) is 39.5 Å². The van der Waals surface area contributed by atoms with Crippen LogP contribution in [-0.4, -0.2) is 176 Å². The van der Waals surface area contributed by atoms with Gasteiger partial charge in [0.15, 0.2) is 0 Å². The maximum absolute atomic E-state index is 13.9. The number of ketones is 1. The maximum atomic E-state index is 13.9. The molecule has 630 valence electrons. The number of fused-ring (bicyclic) bond motifs is 5. The summed E-state index contributed by atoms with van der Waals surface area (Å²) in [6.07, 6.45) is 9.08. The SMILES string of the molecule is COCCC(C)(/C=C/c1ccc2ccc([C@@H](C)O)nc2c1)C(=O)N[C@H](C(=O)N[C@@H](C)C(=O)N1CCC[C@@H](C(=O)OCC(Cl)(Cl)Cl)C1)C(C)C.COCCC1(C)/C=C/c2ccc3ccc(nc3c2)[C@@H](C)OC(=O)[C@@H]2CCCN(N2)C(=O)[C@H](C)NC(=O)[C@H](C(C)C)CC1=O.Cc1cccc([N+](=O)[O-])c1C(=O)OC(=O)c1c(C)cccc1[N+](=O)[O-]. The van der Waals surface area contributed by atoms with E-state index < -0.39 is 120 Å². The lowest BCUT2D eigenvalue weighted by Crippen LogP contribution is -2.59. The molecule has 117 heavy (non-hydrogen) atoms. The molecule has 0 spiro atoms. The molecule has 0 radical (unpaired) electrons. The number of nitrogens with one attached hydrogen (secondary N) is 4. The number of nitro benzene ring substituents is 2. The fourth-order valence-electron chi connectivity index (χ4n) is 13.3. The van der Waals surface area contributed by atoms with Crippen LogP contribution in [0.3, 0.4) is 0 Å². The number of esters is 4. The van der Waals surface area contributed by atoms with E-state index in [1.165, 1.54) is 48.0 Å². The van der Waals surface area contributed by atoms with Gasteiger partial charge in [0.25, 0.3) is 17.3 Å². The highest BCUT2D eigenvalue weighted by Gasteiger charge is 2.41. The van der Waals surface area contributed by atoms with Crippen molar-refractivity contribution in [1.29, 1.82) is 0 Å². The number of nitro groups is 2. The fraction of sp³-hybridized carbons (Fsp3) is 0.476. The van der Waals surface area contributed by atoms with Gasteiger partial charge in [-0.1, -0.05) is 147 Å². The van der Waals surface area contributed by atoms with Crippen molar-refractivity contribution in [2.24, 2.45) is 34.5 Å². The number of aryl methyl sites for hydroxylation is 2. The van der Waals surface area contributed by atoms with Gasteiger partial charge in [0, 0.05) is 87.7 Å². The van der Waals surface area contributed by atoms with Crippen molar-refractivity contribution in [1.82, 2.24) is 41.3 Å². The van der Waals surface area contributed by atoms with Gasteiger partial charge in [-0.2, -0.15) is 0 Å². The van der Waals surface area contributed by atoms with Crippen LogP contribution < -0.4 is 21.4 Å². The first-order valence-corrected chi connectivity index (χ1v) is 39.6. The number of pyridine rings is 2. The standard InChI is InChI=1S/C35H47Cl3N4O7.C33H44N4O6.C16H12N2O7/c1-21(2)29(30(44)39-22(3)31(45)42-16-7-8-26(19-42)32(46)49-20-35(36,37)38)41-33(47)34(5,15-17-48-6)14-13-24-9-10-25-11-12-27(23(4)43)40-28(25)18-24;1-20(2)25-19-29(38)33(5,15-17-42-6)14-13-23-9-10-24-11-12-26(35-28(24)18-23)22(4)43-32(41)27-8-7-16-37(36-27)31(40)21(3)34-30(25)39;1-9-5-3-7-11(17(21)22)13(9)15(19)25-16(20)14-10(2)6-4-8-12(14)18(23)24/h9-14,18,21-23,26,29,43H,7-8,15-17,19-20H2,1-6H3,(H,39,44)(H,41,47);9-14,18,20-22,25,27,36H,7-8,15-17,19H2,1-6H3,(H,34,39);3-8H,1-2H3/b2*14-13+;/t22-,23+,26+,29-,34?;21-,22+,25-,27-,33?;/m00./s1. The molecule has 2 unspecified atom stereocenters. The fourth-order valence-corrected chi connectivity index (χ4v) is 13.5. The second-order valence-electron chi connectivity index (χ2n) is 30.5. The molecular weight excluding hydrogens is 1580 g/mol. The summed E-state index contributed by atoms with van der Waals surface area (Å²) in [6, 6.07) is 23.5. The number of hydrogen-bond donors (Lipinski definition) is 5. The molecule has 5 bridgehead atoms. The van der Waals surface area contributed by atoms with E-state index in [1.807, 2.05) is 93.6 Å². The van der Waals surface area contributed by atoms with Gasteiger partial charge >= 0.3 is 23.9 Å². The minimum absolute atomic E-state index is 0.0192. The zero-order valence-corrected chi connectivity index (χ0v) is 70.3.